The van der Waals surface area contributed by atoms with Gasteiger partial charge in [-0.1, -0.05) is 0 Å². The van der Waals surface area contributed by atoms with Crippen LogP contribution in [-0.4, -0.2) is 44.4 Å². The molecule has 0 saturated carbocycles. The maximum atomic E-state index is 10.2. The van der Waals surface area contributed by atoms with E-state index in [1.165, 1.54) is 7.11 Å². The highest BCUT2D eigenvalue weighted by Gasteiger charge is 2.06. The molecule has 0 amide bonds. The van der Waals surface area contributed by atoms with E-state index < -0.39 is 16.4 Å². The predicted octanol–water partition coefficient (Wildman–Crippen LogP) is -0.515. The summed E-state index contributed by atoms with van der Waals surface area (Å²) < 4.78 is 42.5. The van der Waals surface area contributed by atoms with E-state index in [0.717, 1.165) is 0 Å². The Kier molecular flexibility index (Phi) is 5.35. The minimum Gasteiger partial charge on any atom is -0.735 e. The van der Waals surface area contributed by atoms with E-state index in [9.17, 15) is 18.1 Å². The van der Waals surface area contributed by atoms with Crippen molar-refractivity contribution in [1.29, 1.82) is 0 Å². The average Bonchev–Trinajstić information content (AvgIpc) is 2.33. The summed E-state index contributed by atoms with van der Waals surface area (Å²) in [5, 5.41) is 9.36. The number of ether oxygens (including phenoxy) is 2. The van der Waals surface area contributed by atoms with Gasteiger partial charge >= 0.3 is 0 Å². The van der Waals surface area contributed by atoms with Crippen molar-refractivity contribution in [2.24, 2.45) is 0 Å². The summed E-state index contributed by atoms with van der Waals surface area (Å²) in [5.41, 5.74) is 0. The van der Waals surface area contributed by atoms with Crippen molar-refractivity contribution in [3.63, 3.8) is 0 Å². The molecule has 1 aromatic rings. The summed E-state index contributed by atoms with van der Waals surface area (Å²) in [6.45, 7) is -0.517. The molecule has 1 rings (SSSR count). The Morgan fingerprint density at radius 2 is 1.89 bits per heavy atom. The number of nitrogens with one attached hydrogen (secondary N) is 1. The van der Waals surface area contributed by atoms with Gasteiger partial charge in [0.05, 0.1) is 7.11 Å². The van der Waals surface area contributed by atoms with Gasteiger partial charge in [0.25, 0.3) is 0 Å². The molecule has 0 aliphatic rings. The Hall–Kier alpha value is -1.35. The Labute approximate surface area is 105 Å². The molecule has 0 aromatic heterocycles. The van der Waals surface area contributed by atoms with Crippen LogP contribution in [0.15, 0.2) is 24.3 Å². The highest BCUT2D eigenvalue weighted by Crippen LogP contribution is 2.16. The molecule has 1 unspecified atom stereocenters. The van der Waals surface area contributed by atoms with Crippen molar-refractivity contribution < 1.29 is 27.6 Å². The second-order valence-corrected chi connectivity index (χ2v) is 4.64. The topological polar surface area (TPSA) is 108 Å². The van der Waals surface area contributed by atoms with Gasteiger partial charge in [0.1, 0.15) is 24.2 Å². The van der Waals surface area contributed by atoms with Gasteiger partial charge in [-0.3, -0.25) is 0 Å². The fraction of sp³-hybridized carbons (Fsp3) is 0.400. The average molecular weight is 276 g/mol. The first-order valence-electron chi connectivity index (χ1n) is 5.06. The lowest BCUT2D eigenvalue weighted by atomic mass is 10.3. The largest absolute Gasteiger partial charge is 0.735 e. The second kappa shape index (κ2) is 6.55. The molecule has 1 atom stereocenters. The number of hydrogen-bond donors (Lipinski definition) is 2. The van der Waals surface area contributed by atoms with E-state index in [2.05, 4.69) is 0 Å². The molecule has 0 aliphatic heterocycles. The van der Waals surface area contributed by atoms with E-state index >= 15 is 0 Å². The smallest absolute Gasteiger partial charge is 0.159 e. The SMILES string of the molecule is COc1ccc(OCC(O)CNS(=O)(=O)[O-])cc1. The van der Waals surface area contributed by atoms with Gasteiger partial charge < -0.3 is 19.1 Å². The van der Waals surface area contributed by atoms with Gasteiger partial charge in [-0.2, -0.15) is 0 Å². The summed E-state index contributed by atoms with van der Waals surface area (Å²) in [6.07, 6.45) is -1.10. The van der Waals surface area contributed by atoms with E-state index in [-0.39, 0.29) is 13.2 Å². The maximum Gasteiger partial charge on any atom is 0.159 e. The normalized spacial score (nSPS) is 13.1. The van der Waals surface area contributed by atoms with Gasteiger partial charge in [0.15, 0.2) is 10.3 Å². The van der Waals surface area contributed by atoms with Crippen LogP contribution in [0.4, 0.5) is 0 Å². The quantitative estimate of drug-likeness (QED) is 0.649. The molecule has 0 fully saturated rings. The van der Waals surface area contributed by atoms with Crippen LogP contribution in [0.5, 0.6) is 11.5 Å². The van der Waals surface area contributed by atoms with Crippen molar-refractivity contribution in [1.82, 2.24) is 4.72 Å². The Balaban J connectivity index is 2.35. The van der Waals surface area contributed by atoms with Crippen molar-refractivity contribution >= 4 is 10.3 Å². The fourth-order valence-electron chi connectivity index (χ4n) is 1.12. The first-order chi connectivity index (χ1) is 8.40. The molecule has 0 radical (unpaired) electrons. The molecule has 0 aliphatic carbocycles. The van der Waals surface area contributed by atoms with Crippen molar-refractivity contribution in [3.05, 3.63) is 24.3 Å². The zero-order valence-corrected chi connectivity index (χ0v) is 10.5. The van der Waals surface area contributed by atoms with E-state index in [1.807, 2.05) is 0 Å². The third kappa shape index (κ3) is 5.82. The van der Waals surface area contributed by atoms with Crippen LogP contribution in [0.3, 0.4) is 0 Å². The molecule has 1 aromatic carbocycles. The van der Waals surface area contributed by atoms with Gasteiger partial charge in [0.2, 0.25) is 0 Å². The maximum absolute atomic E-state index is 10.2. The van der Waals surface area contributed by atoms with E-state index in [0.29, 0.717) is 11.5 Å². The van der Waals surface area contributed by atoms with Gasteiger partial charge in [-0.25, -0.2) is 13.1 Å². The van der Waals surface area contributed by atoms with Crippen LogP contribution >= 0.6 is 0 Å². The van der Waals surface area contributed by atoms with E-state index in [4.69, 9.17) is 9.47 Å². The standard InChI is InChI=1S/C10H15NO6S/c1-16-9-2-4-10(5-3-9)17-7-8(12)6-11-18(13,14)15/h2-5,8,11-12H,6-7H2,1H3,(H,13,14,15)/p-1. The molecule has 0 heterocycles. The van der Waals surface area contributed by atoms with Crippen molar-refractivity contribution in [3.8, 4) is 11.5 Å². The monoisotopic (exact) mass is 276 g/mol. The van der Waals surface area contributed by atoms with Gasteiger partial charge in [0, 0.05) is 6.54 Å². The number of benzene rings is 1. The van der Waals surface area contributed by atoms with Gasteiger partial charge in [-0.05, 0) is 24.3 Å². The van der Waals surface area contributed by atoms with Crippen LogP contribution in [0.2, 0.25) is 0 Å². The number of methoxy groups -OCH3 is 1. The molecule has 0 spiro atoms. The molecular weight excluding hydrogens is 262 g/mol. The van der Waals surface area contributed by atoms with Gasteiger partial charge in [-0.15, -0.1) is 0 Å². The van der Waals surface area contributed by atoms with Crippen molar-refractivity contribution in [2.75, 3.05) is 20.3 Å². The Morgan fingerprint density at radius 3 is 2.39 bits per heavy atom. The van der Waals surface area contributed by atoms with Crippen LogP contribution < -0.4 is 14.2 Å². The zero-order valence-electron chi connectivity index (χ0n) is 9.70. The van der Waals surface area contributed by atoms with Crippen molar-refractivity contribution in [2.45, 2.75) is 6.10 Å². The predicted molar refractivity (Wildman–Crippen MR) is 62.2 cm³/mol. The molecule has 8 heteroatoms. The number of hydrogen-bond acceptors (Lipinski definition) is 6. The lowest BCUT2D eigenvalue weighted by molar-refractivity contribution is 0.110. The fourth-order valence-corrected chi connectivity index (χ4v) is 1.52. The third-order valence-electron chi connectivity index (χ3n) is 2.00. The lowest BCUT2D eigenvalue weighted by Gasteiger charge is -2.14. The molecule has 0 bridgehead atoms. The van der Waals surface area contributed by atoms with E-state index in [1.54, 1.807) is 29.0 Å². The minimum absolute atomic E-state index is 0.130. The summed E-state index contributed by atoms with van der Waals surface area (Å²) in [6, 6.07) is 6.65. The highest BCUT2D eigenvalue weighted by molar-refractivity contribution is 7.83. The highest BCUT2D eigenvalue weighted by atomic mass is 32.2. The zero-order chi connectivity index (χ0) is 13.6. The number of rotatable bonds is 7. The molecule has 18 heavy (non-hydrogen) atoms. The minimum atomic E-state index is -4.54. The van der Waals surface area contributed by atoms with Crippen LogP contribution in [0.1, 0.15) is 0 Å². The van der Waals surface area contributed by atoms with Crippen LogP contribution in [0, 0.1) is 0 Å². The molecule has 102 valence electrons. The Bertz CT molecular complexity index is 458. The Morgan fingerprint density at radius 1 is 1.33 bits per heavy atom. The lowest BCUT2D eigenvalue weighted by Crippen LogP contribution is -2.35. The number of aliphatic hydroxyl groups is 1. The molecule has 0 saturated heterocycles. The number of aliphatic hydroxyl groups excluding tert-OH is 1. The summed E-state index contributed by atoms with van der Waals surface area (Å²) in [5.74, 6) is 1.17. The molecule has 2 N–H and O–H groups in total. The summed E-state index contributed by atoms with van der Waals surface area (Å²) in [7, 11) is -3.01. The molecular formula is C10H14NO6S-. The summed E-state index contributed by atoms with van der Waals surface area (Å²) >= 11 is 0. The second-order valence-electron chi connectivity index (χ2n) is 3.44. The third-order valence-corrected chi connectivity index (χ3v) is 2.52. The first-order valence-corrected chi connectivity index (χ1v) is 6.47. The van der Waals surface area contributed by atoms with Crippen LogP contribution in [0.25, 0.3) is 0 Å². The summed E-state index contributed by atoms with van der Waals surface area (Å²) in [4.78, 5) is 0. The molecule has 7 nitrogen and oxygen atoms in total. The first kappa shape index (κ1) is 14.7. The van der Waals surface area contributed by atoms with Crippen LogP contribution in [-0.2, 0) is 10.3 Å².